The predicted molar refractivity (Wildman–Crippen MR) is 126 cm³/mol. The van der Waals surface area contributed by atoms with E-state index in [4.69, 9.17) is 6.42 Å². The van der Waals surface area contributed by atoms with Crippen molar-refractivity contribution in [3.05, 3.63) is 47.8 Å². The molecule has 0 bridgehead atoms. The van der Waals surface area contributed by atoms with Gasteiger partial charge in [-0.05, 0) is 49.1 Å². The Morgan fingerprint density at radius 1 is 1.29 bits per heavy atom. The Bertz CT molecular complexity index is 1110. The summed E-state index contributed by atoms with van der Waals surface area (Å²) in [5.74, 6) is 3.92. The molecule has 4 rings (SSSR count). The third kappa shape index (κ3) is 4.52. The Balaban J connectivity index is 1.44. The number of aliphatic hydroxyl groups excluding tert-OH is 1. The van der Waals surface area contributed by atoms with E-state index in [1.54, 1.807) is 6.20 Å². The van der Waals surface area contributed by atoms with Crippen LogP contribution in [0.4, 0.5) is 11.8 Å². The van der Waals surface area contributed by atoms with Gasteiger partial charge in [0.15, 0.2) is 0 Å². The quantitative estimate of drug-likeness (QED) is 0.525. The predicted octanol–water partition coefficient (Wildman–Crippen LogP) is 4.18. The molecule has 2 aromatic heterocycles. The third-order valence-electron chi connectivity index (χ3n) is 6.38. The van der Waals surface area contributed by atoms with E-state index in [0.717, 1.165) is 25.8 Å². The van der Waals surface area contributed by atoms with Crippen molar-refractivity contribution in [2.24, 2.45) is 5.41 Å². The minimum atomic E-state index is -0.270. The Labute approximate surface area is 184 Å². The normalized spacial score (nSPS) is 20.4. The van der Waals surface area contributed by atoms with Gasteiger partial charge in [0.25, 0.3) is 0 Å². The summed E-state index contributed by atoms with van der Waals surface area (Å²) in [5.41, 5.74) is 2.99. The second-order valence-corrected chi connectivity index (χ2v) is 9.15. The second-order valence-electron chi connectivity index (χ2n) is 9.15. The monoisotopic (exact) mass is 417 g/mol. The molecule has 1 fully saturated rings. The van der Waals surface area contributed by atoms with Gasteiger partial charge in [0.2, 0.25) is 5.95 Å². The van der Waals surface area contributed by atoms with Gasteiger partial charge in [-0.15, -0.1) is 6.42 Å². The summed E-state index contributed by atoms with van der Waals surface area (Å²) in [5, 5.41) is 18.3. The summed E-state index contributed by atoms with van der Waals surface area (Å²) >= 11 is 0. The number of terminal acetylenes is 1. The number of nitrogens with one attached hydrogen (secondary N) is 2. The van der Waals surface area contributed by atoms with E-state index < -0.39 is 0 Å². The Kier molecular flexibility index (Phi) is 5.88. The lowest BCUT2D eigenvalue weighted by atomic mass is 9.73. The molecule has 3 N–H and O–H groups in total. The van der Waals surface area contributed by atoms with Crippen molar-refractivity contribution in [3.8, 4) is 12.3 Å². The molecule has 2 atom stereocenters. The number of hydrogen-bond acceptors (Lipinski definition) is 5. The largest absolute Gasteiger partial charge is 0.393 e. The fourth-order valence-corrected chi connectivity index (χ4v) is 4.55. The first-order valence-electron chi connectivity index (χ1n) is 10.9. The van der Waals surface area contributed by atoms with E-state index in [-0.39, 0.29) is 17.6 Å². The Morgan fingerprint density at radius 3 is 2.87 bits per heavy atom. The first-order valence-corrected chi connectivity index (χ1v) is 10.9. The van der Waals surface area contributed by atoms with Crippen LogP contribution in [-0.2, 0) is 6.54 Å². The summed E-state index contributed by atoms with van der Waals surface area (Å²) in [7, 11) is 0. The molecule has 6 heteroatoms. The van der Waals surface area contributed by atoms with E-state index in [1.165, 1.54) is 16.6 Å². The van der Waals surface area contributed by atoms with Crippen molar-refractivity contribution in [3.63, 3.8) is 0 Å². The first kappa shape index (κ1) is 21.2. The molecule has 0 spiro atoms. The van der Waals surface area contributed by atoms with Crippen LogP contribution in [0.15, 0.2) is 36.5 Å². The maximum absolute atomic E-state index is 10.2. The number of para-hydroxylation sites is 1. The van der Waals surface area contributed by atoms with Gasteiger partial charge < -0.3 is 20.3 Å². The smallest absolute Gasteiger partial charge is 0.224 e. The molecular weight excluding hydrogens is 386 g/mol. The van der Waals surface area contributed by atoms with Crippen molar-refractivity contribution in [2.75, 3.05) is 17.2 Å². The molecule has 1 aromatic carbocycles. The van der Waals surface area contributed by atoms with E-state index >= 15 is 0 Å². The van der Waals surface area contributed by atoms with Crippen LogP contribution in [0, 0.1) is 24.7 Å². The maximum Gasteiger partial charge on any atom is 0.224 e. The van der Waals surface area contributed by atoms with Gasteiger partial charge in [0.05, 0.1) is 17.9 Å². The number of aliphatic hydroxyl groups is 1. The number of aryl methyl sites for hydroxylation is 1. The number of anilines is 2. The lowest BCUT2D eigenvalue weighted by molar-refractivity contribution is 0.00926. The Morgan fingerprint density at radius 2 is 2.10 bits per heavy atom. The van der Waals surface area contributed by atoms with E-state index in [1.807, 2.05) is 0 Å². The molecule has 3 aromatic rings. The number of nitrogens with zero attached hydrogens (tertiary/aromatic N) is 3. The summed E-state index contributed by atoms with van der Waals surface area (Å²) < 4.78 is 2.30. The van der Waals surface area contributed by atoms with Crippen molar-refractivity contribution in [1.29, 1.82) is 0 Å². The highest BCUT2D eigenvalue weighted by Crippen LogP contribution is 2.37. The zero-order valence-corrected chi connectivity index (χ0v) is 18.5. The van der Waals surface area contributed by atoms with Gasteiger partial charge in [0, 0.05) is 30.3 Å². The van der Waals surface area contributed by atoms with Gasteiger partial charge in [-0.1, -0.05) is 38.0 Å². The van der Waals surface area contributed by atoms with Crippen molar-refractivity contribution in [1.82, 2.24) is 14.5 Å². The molecular formula is C25H31N5O. The number of rotatable bonds is 6. The number of benzene rings is 1. The lowest BCUT2D eigenvalue weighted by Crippen LogP contribution is -2.41. The van der Waals surface area contributed by atoms with Crippen LogP contribution in [0.25, 0.3) is 10.9 Å². The van der Waals surface area contributed by atoms with Crippen molar-refractivity contribution in [2.45, 2.75) is 58.7 Å². The van der Waals surface area contributed by atoms with E-state index in [9.17, 15) is 5.11 Å². The Hall–Kier alpha value is -3.04. The molecule has 1 saturated carbocycles. The standard InChI is InChI=1S/C25H31N5O/c1-5-18-16-27-24(29-23(18)28-20-10-11-22(31)25(3,4)15-20)26-12-13-30-17(2)14-19-8-6-7-9-21(19)30/h1,6-9,14,16,20,22,31H,10-13,15H2,2-4H3,(H2,26,27,28,29)/t20-,22+/m1/s1. The number of fused-ring (bicyclic) bond motifs is 1. The zero-order valence-electron chi connectivity index (χ0n) is 18.5. The van der Waals surface area contributed by atoms with Gasteiger partial charge in [0.1, 0.15) is 5.82 Å². The number of hydrogen-bond donors (Lipinski definition) is 3. The zero-order chi connectivity index (χ0) is 22.0. The molecule has 31 heavy (non-hydrogen) atoms. The summed E-state index contributed by atoms with van der Waals surface area (Å²) in [4.78, 5) is 9.05. The molecule has 0 saturated heterocycles. The fourth-order valence-electron chi connectivity index (χ4n) is 4.55. The molecule has 6 nitrogen and oxygen atoms in total. The highest BCUT2D eigenvalue weighted by atomic mass is 16.3. The van der Waals surface area contributed by atoms with Crippen LogP contribution in [0.2, 0.25) is 0 Å². The van der Waals surface area contributed by atoms with Crippen LogP contribution in [0.5, 0.6) is 0 Å². The minimum absolute atomic E-state index is 0.127. The minimum Gasteiger partial charge on any atom is -0.393 e. The number of aromatic nitrogens is 3. The fraction of sp³-hybridized carbons (Fsp3) is 0.440. The maximum atomic E-state index is 10.2. The van der Waals surface area contributed by atoms with Crippen LogP contribution in [0.3, 0.4) is 0 Å². The molecule has 0 radical (unpaired) electrons. The van der Waals surface area contributed by atoms with Gasteiger partial charge >= 0.3 is 0 Å². The molecule has 0 unspecified atom stereocenters. The molecule has 0 amide bonds. The molecule has 0 aliphatic heterocycles. The van der Waals surface area contributed by atoms with Crippen LogP contribution >= 0.6 is 0 Å². The molecule has 2 heterocycles. The van der Waals surface area contributed by atoms with Crippen LogP contribution in [0.1, 0.15) is 44.4 Å². The van der Waals surface area contributed by atoms with Crippen molar-refractivity contribution < 1.29 is 5.11 Å². The third-order valence-corrected chi connectivity index (χ3v) is 6.38. The van der Waals surface area contributed by atoms with E-state index in [2.05, 4.69) is 82.2 Å². The van der Waals surface area contributed by atoms with Crippen LogP contribution < -0.4 is 10.6 Å². The van der Waals surface area contributed by atoms with Crippen molar-refractivity contribution >= 4 is 22.7 Å². The highest BCUT2D eigenvalue weighted by molar-refractivity contribution is 5.81. The second kappa shape index (κ2) is 8.60. The highest BCUT2D eigenvalue weighted by Gasteiger charge is 2.35. The summed E-state index contributed by atoms with van der Waals surface area (Å²) in [6, 6.07) is 10.8. The van der Waals surface area contributed by atoms with E-state index in [0.29, 0.717) is 23.9 Å². The first-order chi connectivity index (χ1) is 14.9. The lowest BCUT2D eigenvalue weighted by Gasteiger charge is -2.40. The topological polar surface area (TPSA) is 75.0 Å². The average molecular weight is 418 g/mol. The van der Waals surface area contributed by atoms with Gasteiger partial charge in [-0.25, -0.2) is 4.98 Å². The molecule has 1 aliphatic carbocycles. The summed E-state index contributed by atoms with van der Waals surface area (Å²) in [6.45, 7) is 7.86. The van der Waals surface area contributed by atoms with Gasteiger partial charge in [-0.2, -0.15) is 4.98 Å². The van der Waals surface area contributed by atoms with Gasteiger partial charge in [-0.3, -0.25) is 0 Å². The van der Waals surface area contributed by atoms with Crippen LogP contribution in [-0.4, -0.2) is 38.3 Å². The molecule has 162 valence electrons. The summed E-state index contributed by atoms with van der Waals surface area (Å²) in [6.07, 6.45) is 9.63. The SMILES string of the molecule is C#Cc1cnc(NCCn2c(C)cc3ccccc32)nc1N[C@@H]1CC[C@H](O)C(C)(C)C1. The average Bonchev–Trinajstić information content (AvgIpc) is 3.06. The molecule has 1 aliphatic rings.